The lowest BCUT2D eigenvalue weighted by molar-refractivity contribution is 0.0764. The molecule has 5 heteroatoms. The Balaban J connectivity index is 2.11. The first kappa shape index (κ1) is 16.5. The summed E-state index contributed by atoms with van der Waals surface area (Å²) >= 11 is 1.63. The van der Waals surface area contributed by atoms with E-state index in [9.17, 15) is 4.79 Å². The minimum absolute atomic E-state index is 0.0101. The van der Waals surface area contributed by atoms with Gasteiger partial charge in [-0.05, 0) is 50.4 Å². The van der Waals surface area contributed by atoms with Crippen molar-refractivity contribution in [1.29, 1.82) is 0 Å². The fraction of sp³-hybridized carbons (Fsp3) is 0.263. The fourth-order valence-electron chi connectivity index (χ4n) is 2.63. The van der Waals surface area contributed by atoms with E-state index in [1.54, 1.807) is 16.0 Å². The van der Waals surface area contributed by atoms with Gasteiger partial charge in [0.1, 0.15) is 11.4 Å². The third-order valence-corrected chi connectivity index (χ3v) is 4.92. The van der Waals surface area contributed by atoms with Crippen molar-refractivity contribution < 1.29 is 4.79 Å². The number of nitrogens with zero attached hydrogens (tertiary/aromatic N) is 3. The van der Waals surface area contributed by atoms with Gasteiger partial charge in [-0.1, -0.05) is 23.8 Å². The number of hydrogen-bond acceptors (Lipinski definition) is 3. The number of thiophene rings is 1. The van der Waals surface area contributed by atoms with Crippen LogP contribution in [0.5, 0.6) is 0 Å². The van der Waals surface area contributed by atoms with E-state index in [2.05, 4.69) is 0 Å². The summed E-state index contributed by atoms with van der Waals surface area (Å²) in [5, 5.41) is 6.72. The van der Waals surface area contributed by atoms with Crippen molar-refractivity contribution in [1.82, 2.24) is 14.7 Å². The summed E-state index contributed by atoms with van der Waals surface area (Å²) in [6.45, 7) is 7.40. The van der Waals surface area contributed by atoms with E-state index >= 15 is 0 Å². The van der Waals surface area contributed by atoms with Gasteiger partial charge in [-0.2, -0.15) is 5.10 Å². The van der Waals surface area contributed by atoms with Gasteiger partial charge < -0.3 is 4.90 Å². The predicted molar refractivity (Wildman–Crippen MR) is 98.9 cm³/mol. The molecule has 1 amide bonds. The van der Waals surface area contributed by atoms with Gasteiger partial charge in [-0.25, -0.2) is 4.68 Å². The predicted octanol–water partition coefficient (Wildman–Crippen LogP) is 4.39. The highest BCUT2D eigenvalue weighted by molar-refractivity contribution is 7.13. The molecule has 0 aliphatic carbocycles. The molecular formula is C19H21N3OS. The van der Waals surface area contributed by atoms with Crippen LogP contribution in [-0.2, 0) is 0 Å². The number of carbonyl (C=O) groups excluding carboxylic acids is 1. The van der Waals surface area contributed by atoms with Gasteiger partial charge in [0.05, 0.1) is 10.6 Å². The van der Waals surface area contributed by atoms with Crippen molar-refractivity contribution in [3.05, 3.63) is 59.1 Å². The van der Waals surface area contributed by atoms with Crippen LogP contribution >= 0.6 is 11.3 Å². The summed E-state index contributed by atoms with van der Waals surface area (Å²) in [7, 11) is 0. The number of aryl methyl sites for hydroxylation is 1. The lowest BCUT2D eigenvalue weighted by atomic mass is 10.2. The second kappa shape index (κ2) is 7.01. The Hall–Kier alpha value is -2.40. The van der Waals surface area contributed by atoms with Crippen molar-refractivity contribution in [2.75, 3.05) is 13.1 Å². The second-order valence-electron chi connectivity index (χ2n) is 5.62. The summed E-state index contributed by atoms with van der Waals surface area (Å²) in [4.78, 5) is 15.8. The number of amides is 1. The summed E-state index contributed by atoms with van der Waals surface area (Å²) in [5.41, 5.74) is 3.52. The molecule has 0 atom stereocenters. The van der Waals surface area contributed by atoms with Crippen LogP contribution < -0.4 is 0 Å². The summed E-state index contributed by atoms with van der Waals surface area (Å²) < 4.78 is 1.76. The second-order valence-corrected chi connectivity index (χ2v) is 6.56. The van der Waals surface area contributed by atoms with E-state index < -0.39 is 0 Å². The third-order valence-electron chi connectivity index (χ3n) is 4.03. The Bertz CT molecular complexity index is 815. The molecular weight excluding hydrogens is 318 g/mol. The molecule has 0 aliphatic rings. The molecule has 0 unspecified atom stereocenters. The summed E-state index contributed by atoms with van der Waals surface area (Å²) in [6.07, 6.45) is 0. The normalized spacial score (nSPS) is 10.8. The maximum atomic E-state index is 12.9. The Labute approximate surface area is 146 Å². The third kappa shape index (κ3) is 3.12. The molecule has 1 aromatic carbocycles. The monoisotopic (exact) mass is 339 g/mol. The van der Waals surface area contributed by atoms with Crippen LogP contribution in [0.3, 0.4) is 0 Å². The molecule has 0 saturated carbocycles. The zero-order chi connectivity index (χ0) is 17.1. The zero-order valence-corrected chi connectivity index (χ0v) is 15.0. The van der Waals surface area contributed by atoms with Gasteiger partial charge in [0.2, 0.25) is 0 Å². The van der Waals surface area contributed by atoms with E-state index in [1.807, 2.05) is 73.5 Å². The molecule has 0 saturated heterocycles. The Kier molecular flexibility index (Phi) is 4.81. The van der Waals surface area contributed by atoms with E-state index in [-0.39, 0.29) is 5.91 Å². The molecule has 0 radical (unpaired) electrons. The van der Waals surface area contributed by atoms with Gasteiger partial charge >= 0.3 is 0 Å². The molecule has 3 rings (SSSR count). The minimum atomic E-state index is 0.0101. The Morgan fingerprint density at radius 3 is 2.46 bits per heavy atom. The maximum Gasteiger partial charge on any atom is 0.272 e. The van der Waals surface area contributed by atoms with Crippen LogP contribution in [0.4, 0.5) is 0 Å². The first-order valence-corrected chi connectivity index (χ1v) is 9.02. The molecule has 0 aliphatic heterocycles. The van der Waals surface area contributed by atoms with Crippen molar-refractivity contribution in [2.45, 2.75) is 20.8 Å². The van der Waals surface area contributed by atoms with Gasteiger partial charge in [-0.15, -0.1) is 11.3 Å². The van der Waals surface area contributed by atoms with Crippen LogP contribution in [0.1, 0.15) is 29.9 Å². The molecule has 2 aromatic heterocycles. The topological polar surface area (TPSA) is 38.1 Å². The smallest absolute Gasteiger partial charge is 0.272 e. The van der Waals surface area contributed by atoms with Gasteiger partial charge in [0.25, 0.3) is 5.91 Å². The maximum absolute atomic E-state index is 12.9. The largest absolute Gasteiger partial charge is 0.338 e. The van der Waals surface area contributed by atoms with Crippen molar-refractivity contribution in [3.8, 4) is 16.3 Å². The Morgan fingerprint density at radius 2 is 1.88 bits per heavy atom. The number of hydrogen-bond donors (Lipinski definition) is 0. The number of rotatable bonds is 5. The highest BCUT2D eigenvalue weighted by Crippen LogP contribution is 2.26. The lowest BCUT2D eigenvalue weighted by Gasteiger charge is -2.19. The molecule has 0 fully saturated rings. The SMILES string of the molecule is CCN(CC)C(=O)c1cc(-c2cccs2)nn1-c1ccc(C)cc1. The van der Waals surface area contributed by atoms with Crippen molar-refractivity contribution in [2.24, 2.45) is 0 Å². The zero-order valence-electron chi connectivity index (χ0n) is 14.2. The highest BCUT2D eigenvalue weighted by Gasteiger charge is 2.21. The van der Waals surface area contributed by atoms with E-state index in [1.165, 1.54) is 5.56 Å². The van der Waals surface area contributed by atoms with Crippen LogP contribution in [-0.4, -0.2) is 33.7 Å². The van der Waals surface area contributed by atoms with E-state index in [0.717, 1.165) is 16.3 Å². The van der Waals surface area contributed by atoms with Gasteiger partial charge in [-0.3, -0.25) is 4.79 Å². The molecule has 24 heavy (non-hydrogen) atoms. The molecule has 0 N–H and O–H groups in total. The Morgan fingerprint density at radius 1 is 1.17 bits per heavy atom. The summed E-state index contributed by atoms with van der Waals surface area (Å²) in [5.74, 6) is 0.0101. The molecule has 3 aromatic rings. The molecule has 124 valence electrons. The van der Waals surface area contributed by atoms with Crippen LogP contribution in [0, 0.1) is 6.92 Å². The quantitative estimate of drug-likeness (QED) is 0.691. The first-order valence-electron chi connectivity index (χ1n) is 8.14. The number of aromatic nitrogens is 2. The number of carbonyl (C=O) groups is 1. The lowest BCUT2D eigenvalue weighted by Crippen LogP contribution is -2.32. The van der Waals surface area contributed by atoms with E-state index in [0.29, 0.717) is 18.8 Å². The molecule has 0 spiro atoms. The average Bonchev–Trinajstić information content (AvgIpc) is 3.26. The summed E-state index contributed by atoms with van der Waals surface area (Å²) in [6, 6.07) is 14.0. The molecule has 2 heterocycles. The fourth-order valence-corrected chi connectivity index (χ4v) is 3.32. The highest BCUT2D eigenvalue weighted by atomic mass is 32.1. The molecule has 0 bridgehead atoms. The van der Waals surface area contributed by atoms with Crippen LogP contribution in [0.25, 0.3) is 16.3 Å². The van der Waals surface area contributed by atoms with Crippen LogP contribution in [0.2, 0.25) is 0 Å². The van der Waals surface area contributed by atoms with Gasteiger partial charge in [0.15, 0.2) is 0 Å². The molecule has 4 nitrogen and oxygen atoms in total. The van der Waals surface area contributed by atoms with Crippen molar-refractivity contribution >= 4 is 17.2 Å². The van der Waals surface area contributed by atoms with Crippen LogP contribution in [0.15, 0.2) is 47.8 Å². The average molecular weight is 339 g/mol. The minimum Gasteiger partial charge on any atom is -0.338 e. The van der Waals surface area contributed by atoms with Gasteiger partial charge in [0, 0.05) is 13.1 Å². The first-order chi connectivity index (χ1) is 11.6. The standard InChI is InChI=1S/C19H21N3OS/c1-4-21(5-2)19(23)17-13-16(18-7-6-12-24-18)20-22(17)15-10-8-14(3)9-11-15/h6-13H,4-5H2,1-3H3. The number of benzene rings is 1. The van der Waals surface area contributed by atoms with E-state index in [4.69, 9.17) is 5.10 Å². The van der Waals surface area contributed by atoms with Crippen molar-refractivity contribution in [3.63, 3.8) is 0 Å².